The molecule has 1 aliphatic rings. The van der Waals surface area contributed by atoms with Gasteiger partial charge in [0.25, 0.3) is 5.91 Å². The van der Waals surface area contributed by atoms with Crippen molar-refractivity contribution in [2.75, 3.05) is 18.1 Å². The number of nitrogens with one attached hydrogen (secondary N) is 2. The molecular formula is C25H28N4O4. The first-order valence-electron chi connectivity index (χ1n) is 10.7. The summed E-state index contributed by atoms with van der Waals surface area (Å²) in [6, 6.07) is 8.70. The Bertz CT molecular complexity index is 1110. The van der Waals surface area contributed by atoms with Crippen LogP contribution in [0.1, 0.15) is 46.3 Å². The van der Waals surface area contributed by atoms with Gasteiger partial charge >= 0.3 is 5.97 Å². The van der Waals surface area contributed by atoms with Crippen molar-refractivity contribution in [1.29, 1.82) is 0 Å². The maximum atomic E-state index is 13.6. The van der Waals surface area contributed by atoms with Crippen LogP contribution in [0, 0.1) is 6.92 Å². The molecule has 0 radical (unpaired) electrons. The smallest absolute Gasteiger partial charge is 0.356 e. The van der Waals surface area contributed by atoms with E-state index in [1.54, 1.807) is 31.2 Å². The second-order valence-corrected chi connectivity index (χ2v) is 7.71. The number of aromatic nitrogens is 2. The van der Waals surface area contributed by atoms with Crippen LogP contribution in [0.5, 0.6) is 0 Å². The van der Waals surface area contributed by atoms with Gasteiger partial charge in [-0.15, -0.1) is 0 Å². The molecule has 8 nitrogen and oxygen atoms in total. The Morgan fingerprint density at radius 3 is 2.61 bits per heavy atom. The lowest BCUT2D eigenvalue weighted by atomic mass is 10.1. The fraction of sp³-hybridized carbons (Fsp3) is 0.280. The number of hydrogen-bond acceptors (Lipinski definition) is 5. The van der Waals surface area contributed by atoms with Gasteiger partial charge in [-0.2, -0.15) is 5.10 Å². The van der Waals surface area contributed by atoms with Gasteiger partial charge < -0.3 is 10.1 Å². The summed E-state index contributed by atoms with van der Waals surface area (Å²) in [5.74, 6) is -1.34. The average molecular weight is 449 g/mol. The van der Waals surface area contributed by atoms with E-state index in [9.17, 15) is 14.4 Å². The molecule has 2 amide bonds. The zero-order chi connectivity index (χ0) is 24.0. The number of rotatable bonds is 10. The van der Waals surface area contributed by atoms with E-state index in [0.29, 0.717) is 18.5 Å². The van der Waals surface area contributed by atoms with E-state index < -0.39 is 17.4 Å². The number of aryl methyl sites for hydroxylation is 1. The topological polar surface area (TPSA) is 104 Å². The molecule has 0 bridgehead atoms. The summed E-state index contributed by atoms with van der Waals surface area (Å²) >= 11 is 0. The molecule has 0 aliphatic heterocycles. The van der Waals surface area contributed by atoms with Crippen molar-refractivity contribution in [2.24, 2.45) is 0 Å². The molecule has 2 N–H and O–H groups in total. The number of benzene rings is 1. The molecule has 8 heteroatoms. The molecule has 1 fully saturated rings. The molecule has 1 aliphatic carbocycles. The van der Waals surface area contributed by atoms with E-state index in [1.165, 1.54) is 11.0 Å². The first-order valence-corrected chi connectivity index (χ1v) is 10.7. The van der Waals surface area contributed by atoms with Gasteiger partial charge in [0, 0.05) is 18.3 Å². The maximum Gasteiger partial charge on any atom is 0.356 e. The summed E-state index contributed by atoms with van der Waals surface area (Å²) < 4.78 is 4.97. The largest absolute Gasteiger partial charge is 0.461 e. The van der Waals surface area contributed by atoms with Crippen LogP contribution in [0.25, 0.3) is 0 Å². The Balaban J connectivity index is 1.95. The molecule has 33 heavy (non-hydrogen) atoms. The summed E-state index contributed by atoms with van der Waals surface area (Å²) in [4.78, 5) is 40.5. The SMILES string of the molecule is C=C/C=C(\C=C)CNC(=O)C1(N(C(=O)c2cc(C(=O)OCC)[nH]n2)c2ccccc2C)CC1. The van der Waals surface area contributed by atoms with Crippen LogP contribution >= 0.6 is 0 Å². The predicted octanol–water partition coefficient (Wildman–Crippen LogP) is 3.49. The first-order chi connectivity index (χ1) is 15.9. The number of esters is 1. The standard InChI is InChI=1S/C25H28N4O4/c1-5-10-18(6-2)16-26-24(32)25(13-14-25)29(21-12-9-8-11-17(21)4)22(30)19-15-20(28-27-19)23(31)33-7-3/h5-6,8-12,15H,1-2,7,13-14,16H2,3-4H3,(H,26,32)(H,27,28)/b18-10+. The van der Waals surface area contributed by atoms with Gasteiger partial charge in [-0.25, -0.2) is 4.79 Å². The molecule has 172 valence electrons. The normalized spacial score (nSPS) is 14.2. The van der Waals surface area contributed by atoms with Crippen LogP contribution in [-0.2, 0) is 9.53 Å². The lowest BCUT2D eigenvalue weighted by molar-refractivity contribution is -0.123. The summed E-state index contributed by atoms with van der Waals surface area (Å²) in [5, 5.41) is 9.50. The number of anilines is 1. The van der Waals surface area contributed by atoms with Crippen molar-refractivity contribution in [3.63, 3.8) is 0 Å². The highest BCUT2D eigenvalue weighted by atomic mass is 16.5. The van der Waals surface area contributed by atoms with E-state index in [4.69, 9.17) is 4.74 Å². The lowest BCUT2D eigenvalue weighted by Crippen LogP contribution is -2.53. The minimum Gasteiger partial charge on any atom is -0.461 e. The highest BCUT2D eigenvalue weighted by Crippen LogP contribution is 2.46. The van der Waals surface area contributed by atoms with Gasteiger partial charge in [-0.1, -0.05) is 49.6 Å². The van der Waals surface area contributed by atoms with Crippen LogP contribution in [0.2, 0.25) is 0 Å². The van der Waals surface area contributed by atoms with Crippen LogP contribution in [0.4, 0.5) is 5.69 Å². The summed E-state index contributed by atoms with van der Waals surface area (Å²) in [5.41, 5.74) is 1.30. The summed E-state index contributed by atoms with van der Waals surface area (Å²) in [7, 11) is 0. The number of H-pyrrole nitrogens is 1. The van der Waals surface area contributed by atoms with Crippen molar-refractivity contribution in [2.45, 2.75) is 32.2 Å². The molecule has 0 atom stereocenters. The Hall–Kier alpha value is -3.94. The molecule has 0 saturated heterocycles. The monoisotopic (exact) mass is 448 g/mol. The molecule has 1 aromatic heterocycles. The molecule has 1 heterocycles. The molecule has 0 spiro atoms. The number of carbonyl (C=O) groups excluding carboxylic acids is 3. The van der Waals surface area contributed by atoms with Crippen molar-refractivity contribution in [3.05, 3.63) is 84.2 Å². The van der Waals surface area contributed by atoms with E-state index in [2.05, 4.69) is 28.7 Å². The number of aromatic amines is 1. The Morgan fingerprint density at radius 2 is 2.00 bits per heavy atom. The quantitative estimate of drug-likeness (QED) is 0.428. The number of allylic oxidation sites excluding steroid dienone is 2. The Labute approximate surface area is 193 Å². The maximum absolute atomic E-state index is 13.6. The number of para-hydroxylation sites is 1. The van der Waals surface area contributed by atoms with Crippen LogP contribution in [0.15, 0.2) is 67.3 Å². The third-order valence-corrected chi connectivity index (χ3v) is 5.47. The number of nitrogens with zero attached hydrogens (tertiary/aromatic N) is 2. The number of hydrogen-bond donors (Lipinski definition) is 2. The Kier molecular flexibility index (Phi) is 7.27. The van der Waals surface area contributed by atoms with Crippen molar-refractivity contribution < 1.29 is 19.1 Å². The van der Waals surface area contributed by atoms with Crippen molar-refractivity contribution in [1.82, 2.24) is 15.5 Å². The van der Waals surface area contributed by atoms with E-state index in [0.717, 1.165) is 11.1 Å². The van der Waals surface area contributed by atoms with Gasteiger partial charge in [-0.3, -0.25) is 19.6 Å². The molecule has 1 saturated carbocycles. The van der Waals surface area contributed by atoms with Crippen molar-refractivity contribution in [3.8, 4) is 0 Å². The van der Waals surface area contributed by atoms with Gasteiger partial charge in [-0.05, 0) is 43.9 Å². The number of amides is 2. The van der Waals surface area contributed by atoms with Gasteiger partial charge in [0.2, 0.25) is 5.91 Å². The van der Waals surface area contributed by atoms with Crippen LogP contribution in [0.3, 0.4) is 0 Å². The predicted molar refractivity (Wildman–Crippen MR) is 126 cm³/mol. The number of ether oxygens (including phenoxy) is 1. The van der Waals surface area contributed by atoms with E-state index in [-0.39, 0.29) is 30.4 Å². The zero-order valence-corrected chi connectivity index (χ0v) is 18.9. The van der Waals surface area contributed by atoms with Gasteiger partial charge in [0.15, 0.2) is 5.69 Å². The highest BCUT2D eigenvalue weighted by Gasteiger charge is 2.57. The van der Waals surface area contributed by atoms with Crippen LogP contribution < -0.4 is 10.2 Å². The minimum atomic E-state index is -1.05. The third-order valence-electron chi connectivity index (χ3n) is 5.47. The fourth-order valence-corrected chi connectivity index (χ4v) is 3.58. The lowest BCUT2D eigenvalue weighted by Gasteiger charge is -2.32. The van der Waals surface area contributed by atoms with E-state index >= 15 is 0 Å². The number of carbonyl (C=O) groups is 3. The minimum absolute atomic E-state index is 0.0266. The molecular weight excluding hydrogens is 420 g/mol. The second-order valence-electron chi connectivity index (χ2n) is 7.71. The molecule has 0 unspecified atom stereocenters. The summed E-state index contributed by atoms with van der Waals surface area (Å²) in [6.45, 7) is 11.4. The third kappa shape index (κ3) is 4.95. The second kappa shape index (κ2) is 10.1. The first kappa shape index (κ1) is 23.7. The van der Waals surface area contributed by atoms with Crippen molar-refractivity contribution >= 4 is 23.5 Å². The molecule has 3 rings (SSSR count). The average Bonchev–Trinajstić information content (AvgIpc) is 3.45. The van der Waals surface area contributed by atoms with Gasteiger partial charge in [0.05, 0.1) is 6.61 Å². The van der Waals surface area contributed by atoms with E-state index in [1.807, 2.05) is 25.1 Å². The van der Waals surface area contributed by atoms with Crippen LogP contribution in [-0.4, -0.2) is 46.7 Å². The molecule has 2 aromatic rings. The highest BCUT2D eigenvalue weighted by molar-refractivity contribution is 6.12. The zero-order valence-electron chi connectivity index (χ0n) is 18.9. The molecule has 1 aromatic carbocycles. The van der Waals surface area contributed by atoms with Gasteiger partial charge in [0.1, 0.15) is 11.2 Å². The summed E-state index contributed by atoms with van der Waals surface area (Å²) in [6.07, 6.45) is 6.04. The Morgan fingerprint density at radius 1 is 1.27 bits per heavy atom. The fourth-order valence-electron chi connectivity index (χ4n) is 3.58.